The van der Waals surface area contributed by atoms with Crippen LogP contribution in [-0.2, 0) is 19.2 Å². The molecule has 1 amide bonds. The average molecular weight is 443 g/mol. The molecule has 0 aliphatic heterocycles. The van der Waals surface area contributed by atoms with Crippen LogP contribution in [0.3, 0.4) is 0 Å². The zero-order valence-corrected chi connectivity index (χ0v) is 17.8. The van der Waals surface area contributed by atoms with E-state index in [4.69, 9.17) is 11.5 Å². The monoisotopic (exact) mass is 443 g/mol. The second-order valence-corrected chi connectivity index (χ2v) is 9.19. The number of Topliss-reactive ketones (excluding diaryl/α,β-unsaturated/α-hetero) is 4. The topological polar surface area (TPSA) is 181 Å². The third-order valence-corrected chi connectivity index (χ3v) is 7.45. The number of nitrogens with two attached hydrogens (primary N) is 2. The molecule has 32 heavy (non-hydrogen) atoms. The van der Waals surface area contributed by atoms with E-state index in [-0.39, 0.29) is 11.3 Å². The molecule has 0 saturated heterocycles. The van der Waals surface area contributed by atoms with Gasteiger partial charge < -0.3 is 21.7 Å². The number of aromatic hydroxyl groups is 1. The SMILES string of the molecule is C[C@H]1c2cccc(O)c2C(=O)C2C(=O)[C@]3(O)C(=O)C(C(N)=O)C(=O)[C@@H](N(C)C)[C@@H]3[C@@H](N)[C@@H]21. The molecular weight excluding hydrogens is 418 g/mol. The van der Waals surface area contributed by atoms with Crippen molar-refractivity contribution in [3.63, 3.8) is 0 Å². The second-order valence-electron chi connectivity index (χ2n) is 9.19. The highest BCUT2D eigenvalue weighted by molar-refractivity contribution is 6.32. The lowest BCUT2D eigenvalue weighted by Crippen LogP contribution is -2.79. The van der Waals surface area contributed by atoms with Crippen LogP contribution >= 0.6 is 0 Å². The van der Waals surface area contributed by atoms with Gasteiger partial charge in [0.2, 0.25) is 5.91 Å². The number of ketones is 4. The van der Waals surface area contributed by atoms with Gasteiger partial charge in [0.05, 0.1) is 17.5 Å². The Kier molecular flexibility index (Phi) is 4.89. The molecule has 1 aromatic rings. The van der Waals surface area contributed by atoms with Gasteiger partial charge in [-0.1, -0.05) is 19.1 Å². The van der Waals surface area contributed by atoms with E-state index in [0.717, 1.165) is 0 Å². The van der Waals surface area contributed by atoms with Crippen molar-refractivity contribution in [3.05, 3.63) is 29.3 Å². The fourth-order valence-corrected chi connectivity index (χ4v) is 6.07. The highest BCUT2D eigenvalue weighted by Gasteiger charge is 2.72. The minimum absolute atomic E-state index is 0.0567. The van der Waals surface area contributed by atoms with E-state index in [1.54, 1.807) is 19.1 Å². The summed E-state index contributed by atoms with van der Waals surface area (Å²) < 4.78 is 0. The van der Waals surface area contributed by atoms with E-state index in [0.29, 0.717) is 5.56 Å². The molecule has 2 fully saturated rings. The Morgan fingerprint density at radius 2 is 1.75 bits per heavy atom. The molecule has 1 aromatic carbocycles. The van der Waals surface area contributed by atoms with Crippen molar-refractivity contribution in [3.8, 4) is 5.75 Å². The normalized spacial score (nSPS) is 38.9. The fourth-order valence-electron chi connectivity index (χ4n) is 6.07. The number of rotatable bonds is 2. The van der Waals surface area contributed by atoms with E-state index in [2.05, 4.69) is 0 Å². The summed E-state index contributed by atoms with van der Waals surface area (Å²) in [5.41, 5.74) is 9.41. The number of carbonyl (C=O) groups excluding carboxylic acids is 5. The number of likely N-dealkylation sites (N-methyl/N-ethyl adjacent to an activating group) is 1. The van der Waals surface area contributed by atoms with E-state index in [9.17, 15) is 34.2 Å². The lowest BCUT2D eigenvalue weighted by molar-refractivity contribution is -0.184. The summed E-state index contributed by atoms with van der Waals surface area (Å²) in [5.74, 6) is -11.9. The Morgan fingerprint density at radius 1 is 1.12 bits per heavy atom. The van der Waals surface area contributed by atoms with Crippen molar-refractivity contribution in [2.45, 2.75) is 30.5 Å². The molecule has 0 spiro atoms. The third kappa shape index (κ3) is 2.54. The maximum absolute atomic E-state index is 13.7. The number of hydrogen-bond donors (Lipinski definition) is 4. The standard InChI is InChI=1S/C22H25N3O7/c1-7-8-5-4-6-9(26)11(8)17(27)12-10(7)15(23)14-16(25(2)3)18(28)13(21(24)31)20(30)22(14,32)19(12)29/h4-7,10,12-16,26,32H,23H2,1-3H3,(H2,24,31)/t7-,10+,12?,13?,14-,15-,16-,22-/m0/s1. The summed E-state index contributed by atoms with van der Waals surface area (Å²) in [6.45, 7) is 1.74. The van der Waals surface area contributed by atoms with Crippen LogP contribution < -0.4 is 11.5 Å². The fraction of sp³-hybridized carbons (Fsp3) is 0.500. The van der Waals surface area contributed by atoms with Crippen LogP contribution in [0.25, 0.3) is 0 Å². The summed E-state index contributed by atoms with van der Waals surface area (Å²) in [6, 6.07) is 2.16. The van der Waals surface area contributed by atoms with Crippen molar-refractivity contribution < 1.29 is 34.2 Å². The third-order valence-electron chi connectivity index (χ3n) is 7.45. The molecule has 0 radical (unpaired) electrons. The number of carbonyl (C=O) groups is 5. The summed E-state index contributed by atoms with van der Waals surface area (Å²) in [5, 5.41) is 21.8. The molecule has 8 atom stereocenters. The van der Waals surface area contributed by atoms with Gasteiger partial charge in [-0.25, -0.2) is 0 Å². The number of amides is 1. The highest BCUT2D eigenvalue weighted by atomic mass is 16.3. The van der Waals surface area contributed by atoms with Gasteiger partial charge in [0.25, 0.3) is 0 Å². The minimum Gasteiger partial charge on any atom is -0.507 e. The maximum atomic E-state index is 13.7. The molecule has 3 aliphatic carbocycles. The van der Waals surface area contributed by atoms with Crippen molar-refractivity contribution in [2.24, 2.45) is 35.1 Å². The number of nitrogens with zero attached hydrogens (tertiary/aromatic N) is 1. The van der Waals surface area contributed by atoms with Crippen molar-refractivity contribution >= 4 is 29.0 Å². The number of primary amides is 1. The first-order valence-corrected chi connectivity index (χ1v) is 10.3. The Hall–Kier alpha value is -2.95. The Morgan fingerprint density at radius 3 is 2.31 bits per heavy atom. The molecule has 10 nitrogen and oxygen atoms in total. The maximum Gasteiger partial charge on any atom is 0.235 e. The van der Waals surface area contributed by atoms with E-state index in [1.165, 1.54) is 25.1 Å². The van der Waals surface area contributed by atoms with Gasteiger partial charge in [-0.3, -0.25) is 28.9 Å². The first-order chi connectivity index (χ1) is 14.9. The number of phenols is 1. The summed E-state index contributed by atoms with van der Waals surface area (Å²) in [6.07, 6.45) is 0. The molecule has 2 saturated carbocycles. The van der Waals surface area contributed by atoms with Crippen LogP contribution in [0.15, 0.2) is 18.2 Å². The van der Waals surface area contributed by atoms with Gasteiger partial charge in [0.15, 0.2) is 34.7 Å². The van der Waals surface area contributed by atoms with Gasteiger partial charge in [0, 0.05) is 12.0 Å². The molecule has 6 N–H and O–H groups in total. The zero-order valence-electron chi connectivity index (χ0n) is 17.8. The molecule has 0 heterocycles. The lowest BCUT2D eigenvalue weighted by atomic mass is 9.49. The Balaban J connectivity index is 1.96. The average Bonchev–Trinajstić information content (AvgIpc) is 2.70. The largest absolute Gasteiger partial charge is 0.507 e. The van der Waals surface area contributed by atoms with Gasteiger partial charge in [-0.15, -0.1) is 0 Å². The molecule has 2 unspecified atom stereocenters. The van der Waals surface area contributed by atoms with Crippen LogP contribution in [0.1, 0.15) is 28.8 Å². The minimum atomic E-state index is -2.85. The molecule has 0 aromatic heterocycles. The van der Waals surface area contributed by atoms with Crippen molar-refractivity contribution in [1.29, 1.82) is 0 Å². The Labute approximate surface area is 183 Å². The Bertz CT molecular complexity index is 1080. The molecule has 4 rings (SSSR count). The van der Waals surface area contributed by atoms with Crippen molar-refractivity contribution in [2.75, 3.05) is 14.1 Å². The quantitative estimate of drug-likeness (QED) is 0.390. The van der Waals surface area contributed by atoms with E-state index in [1.807, 2.05) is 0 Å². The molecule has 3 aliphatic rings. The van der Waals surface area contributed by atoms with Gasteiger partial charge in [-0.2, -0.15) is 0 Å². The molecule has 10 heteroatoms. The number of phenolic OH excluding ortho intramolecular Hbond substituents is 1. The molecule has 170 valence electrons. The van der Waals surface area contributed by atoms with Gasteiger partial charge in [0.1, 0.15) is 5.75 Å². The van der Waals surface area contributed by atoms with E-state index >= 15 is 0 Å². The van der Waals surface area contributed by atoms with Crippen LogP contribution in [0.5, 0.6) is 5.75 Å². The van der Waals surface area contributed by atoms with Crippen LogP contribution in [0.2, 0.25) is 0 Å². The predicted octanol–water partition coefficient (Wildman–Crippen LogP) is -1.63. The number of hydrogen-bond acceptors (Lipinski definition) is 9. The first kappa shape index (κ1) is 22.3. The van der Waals surface area contributed by atoms with Crippen LogP contribution in [0, 0.1) is 23.7 Å². The highest BCUT2D eigenvalue weighted by Crippen LogP contribution is 2.53. The second kappa shape index (κ2) is 7.03. The first-order valence-electron chi connectivity index (χ1n) is 10.3. The predicted molar refractivity (Wildman–Crippen MR) is 109 cm³/mol. The smallest absolute Gasteiger partial charge is 0.235 e. The lowest BCUT2D eigenvalue weighted by Gasteiger charge is -2.56. The number of benzene rings is 1. The number of fused-ring (bicyclic) bond motifs is 3. The zero-order chi connectivity index (χ0) is 23.9. The molecule has 0 bridgehead atoms. The van der Waals surface area contributed by atoms with Crippen molar-refractivity contribution in [1.82, 2.24) is 4.90 Å². The summed E-state index contributed by atoms with van der Waals surface area (Å²) in [7, 11) is 3.01. The van der Waals surface area contributed by atoms with E-state index < -0.39 is 76.3 Å². The van der Waals surface area contributed by atoms with Crippen LogP contribution in [0.4, 0.5) is 0 Å². The summed E-state index contributed by atoms with van der Waals surface area (Å²) >= 11 is 0. The van der Waals surface area contributed by atoms with Gasteiger partial charge in [-0.05, 0) is 37.6 Å². The van der Waals surface area contributed by atoms with Crippen LogP contribution in [-0.4, -0.2) is 75.9 Å². The molecular formula is C22H25N3O7. The van der Waals surface area contributed by atoms with Gasteiger partial charge >= 0.3 is 0 Å². The summed E-state index contributed by atoms with van der Waals surface area (Å²) in [4.78, 5) is 66.7. The number of aliphatic hydroxyl groups is 1.